The van der Waals surface area contributed by atoms with E-state index in [1.807, 2.05) is 11.8 Å². The Balaban J connectivity index is 1.20. The molecule has 34 heavy (non-hydrogen) atoms. The molecule has 1 N–H and O–H groups in total. The van der Waals surface area contributed by atoms with Crippen LogP contribution in [-0.2, 0) is 20.7 Å². The van der Waals surface area contributed by atoms with Crippen LogP contribution < -0.4 is 0 Å². The number of hydrogen-bond donors (Lipinski definition) is 1. The molecule has 1 aliphatic carbocycles. The van der Waals surface area contributed by atoms with Crippen LogP contribution in [0, 0.1) is 5.41 Å². The number of nitrogens with zero attached hydrogens (tertiary/aromatic N) is 3. The first-order valence-corrected chi connectivity index (χ1v) is 13.1. The summed E-state index contributed by atoms with van der Waals surface area (Å²) in [5.74, 6) is -0.111. The number of likely N-dealkylation sites (tertiary alicyclic amines) is 1. The van der Waals surface area contributed by atoms with Crippen LogP contribution in [0.2, 0.25) is 10.0 Å². The molecule has 1 aromatic carbocycles. The highest BCUT2D eigenvalue weighted by atomic mass is 35.5. The lowest BCUT2D eigenvalue weighted by molar-refractivity contribution is -0.168. The number of carbonyl (C=O) groups excluding carboxylic acids is 2. The van der Waals surface area contributed by atoms with Crippen LogP contribution in [0.5, 0.6) is 0 Å². The fourth-order valence-corrected chi connectivity index (χ4v) is 6.18. The van der Waals surface area contributed by atoms with Crippen molar-refractivity contribution < 1.29 is 19.4 Å². The number of piperidine rings is 1. The first-order valence-electron chi connectivity index (χ1n) is 12.3. The molecule has 3 aliphatic heterocycles. The van der Waals surface area contributed by atoms with Gasteiger partial charge in [-0.3, -0.25) is 9.59 Å². The fraction of sp³-hybridized carbons (Fsp3) is 0.680. The van der Waals surface area contributed by atoms with E-state index in [4.69, 9.17) is 27.9 Å². The Labute approximate surface area is 210 Å². The van der Waals surface area contributed by atoms with Crippen molar-refractivity contribution in [1.29, 1.82) is 0 Å². The van der Waals surface area contributed by atoms with E-state index in [1.165, 1.54) is 0 Å². The van der Waals surface area contributed by atoms with E-state index >= 15 is 0 Å². The molecule has 2 amide bonds. The summed E-state index contributed by atoms with van der Waals surface area (Å²) in [5, 5.41) is 11.4. The Morgan fingerprint density at radius 3 is 2.68 bits per heavy atom. The predicted octanol–water partition coefficient (Wildman–Crippen LogP) is 2.60. The Kier molecular flexibility index (Phi) is 6.85. The van der Waals surface area contributed by atoms with Gasteiger partial charge in [-0.05, 0) is 62.3 Å². The summed E-state index contributed by atoms with van der Waals surface area (Å²) in [7, 11) is 0. The zero-order valence-corrected chi connectivity index (χ0v) is 21.1. The molecule has 4 atom stereocenters. The number of β-amino-alcohol motifs (C(OH)–C–C–N with tert-alkyl or cyclic N) is 1. The highest BCUT2D eigenvalue weighted by Crippen LogP contribution is 2.53. The van der Waals surface area contributed by atoms with Crippen molar-refractivity contribution in [2.75, 3.05) is 39.4 Å². The molecule has 0 radical (unpaired) electrons. The molecule has 0 bridgehead atoms. The predicted molar refractivity (Wildman–Crippen MR) is 130 cm³/mol. The Bertz CT molecular complexity index is 956. The summed E-state index contributed by atoms with van der Waals surface area (Å²) in [6.07, 6.45) is 4.12. The van der Waals surface area contributed by atoms with Gasteiger partial charge in [-0.1, -0.05) is 29.3 Å². The summed E-state index contributed by atoms with van der Waals surface area (Å²) in [6, 6.07) is 4.52. The maximum absolute atomic E-state index is 13.4. The standard InChI is InChI=1S/C25H33Cl2N3O4/c1-16-24(33)30-18(4-8-28-9-7-25(5-6-25)22(31)13-28)14-34-15-19(30)12-29(16)23(32)11-17-2-3-20(26)21(27)10-17/h2-3,10,16,18-19,22,31H,4-9,11-15H2,1H3/t16-,18-,19+,22+/m0/s1. The van der Waals surface area contributed by atoms with E-state index in [9.17, 15) is 14.7 Å². The van der Waals surface area contributed by atoms with Crippen LogP contribution in [-0.4, -0.2) is 95.2 Å². The number of halogens is 2. The number of aliphatic hydroxyl groups is 1. The Hall–Kier alpha value is -1.38. The number of aliphatic hydroxyl groups excluding tert-OH is 1. The molecular formula is C25H33Cl2N3O4. The van der Waals surface area contributed by atoms with Crippen molar-refractivity contribution in [3.8, 4) is 0 Å². The SMILES string of the molecule is C[C@H]1C(=O)N2[C@@H](CCN3CCC4(CC4)[C@H](O)C3)COC[C@H]2CN1C(=O)Cc1ccc(Cl)c(Cl)c1. The Morgan fingerprint density at radius 2 is 1.97 bits per heavy atom. The summed E-state index contributed by atoms with van der Waals surface area (Å²) in [6.45, 7) is 5.81. The van der Waals surface area contributed by atoms with Gasteiger partial charge in [0.1, 0.15) is 6.04 Å². The maximum atomic E-state index is 13.4. The number of amides is 2. The smallest absolute Gasteiger partial charge is 0.245 e. The van der Waals surface area contributed by atoms with Crippen molar-refractivity contribution in [3.05, 3.63) is 33.8 Å². The molecule has 4 aliphatic rings. The summed E-state index contributed by atoms with van der Waals surface area (Å²) in [4.78, 5) is 32.5. The molecule has 1 spiro atoms. The van der Waals surface area contributed by atoms with Gasteiger partial charge in [0, 0.05) is 19.6 Å². The van der Waals surface area contributed by atoms with Crippen LogP contribution in [0.4, 0.5) is 0 Å². The number of ether oxygens (including phenoxy) is 1. The first-order chi connectivity index (χ1) is 16.3. The number of fused-ring (bicyclic) bond motifs is 1. The molecule has 9 heteroatoms. The number of rotatable bonds is 5. The molecule has 3 heterocycles. The number of morpholine rings is 1. The van der Waals surface area contributed by atoms with Gasteiger partial charge in [0.2, 0.25) is 11.8 Å². The van der Waals surface area contributed by atoms with Gasteiger partial charge in [0.15, 0.2) is 0 Å². The molecule has 5 rings (SSSR count). The molecule has 1 aromatic rings. The second-order valence-corrected chi connectivity index (χ2v) is 11.3. The molecule has 0 unspecified atom stereocenters. The molecule has 1 saturated carbocycles. The third-order valence-electron chi connectivity index (χ3n) is 8.29. The fourth-order valence-electron chi connectivity index (χ4n) is 5.85. The highest BCUT2D eigenvalue weighted by molar-refractivity contribution is 6.42. The zero-order chi connectivity index (χ0) is 24.0. The summed E-state index contributed by atoms with van der Waals surface area (Å²) < 4.78 is 5.88. The van der Waals surface area contributed by atoms with E-state index in [2.05, 4.69) is 4.90 Å². The third-order valence-corrected chi connectivity index (χ3v) is 9.03. The van der Waals surface area contributed by atoms with Crippen molar-refractivity contribution >= 4 is 35.0 Å². The molecule has 4 fully saturated rings. The van der Waals surface area contributed by atoms with Crippen LogP contribution in [0.15, 0.2) is 18.2 Å². The van der Waals surface area contributed by atoms with Gasteiger partial charge in [-0.15, -0.1) is 0 Å². The van der Waals surface area contributed by atoms with Crippen molar-refractivity contribution in [2.24, 2.45) is 5.41 Å². The molecule has 3 saturated heterocycles. The summed E-state index contributed by atoms with van der Waals surface area (Å²) >= 11 is 12.1. The first kappa shape index (κ1) is 24.3. The molecule has 7 nitrogen and oxygen atoms in total. The van der Waals surface area contributed by atoms with Gasteiger partial charge in [-0.2, -0.15) is 0 Å². The monoisotopic (exact) mass is 509 g/mol. The van der Waals surface area contributed by atoms with E-state index < -0.39 is 6.04 Å². The van der Waals surface area contributed by atoms with E-state index in [0.29, 0.717) is 29.8 Å². The lowest BCUT2D eigenvalue weighted by Crippen LogP contribution is -2.68. The third kappa shape index (κ3) is 4.70. The molecule has 0 aromatic heterocycles. The minimum atomic E-state index is -0.515. The lowest BCUT2D eigenvalue weighted by atomic mass is 9.90. The van der Waals surface area contributed by atoms with Gasteiger partial charge in [-0.25, -0.2) is 0 Å². The van der Waals surface area contributed by atoms with Gasteiger partial charge < -0.3 is 24.5 Å². The second kappa shape index (κ2) is 9.58. The van der Waals surface area contributed by atoms with Crippen LogP contribution in [0.3, 0.4) is 0 Å². The number of benzene rings is 1. The normalized spacial score (nSPS) is 31.0. The number of piperazine rings is 1. The van der Waals surface area contributed by atoms with Crippen LogP contribution >= 0.6 is 23.2 Å². The molecule has 186 valence electrons. The van der Waals surface area contributed by atoms with Crippen molar-refractivity contribution in [1.82, 2.24) is 14.7 Å². The largest absolute Gasteiger partial charge is 0.391 e. The van der Waals surface area contributed by atoms with Crippen LogP contribution in [0.25, 0.3) is 0 Å². The Morgan fingerprint density at radius 1 is 1.18 bits per heavy atom. The second-order valence-electron chi connectivity index (χ2n) is 10.5. The van der Waals surface area contributed by atoms with Gasteiger partial charge >= 0.3 is 0 Å². The molecular weight excluding hydrogens is 477 g/mol. The summed E-state index contributed by atoms with van der Waals surface area (Å²) in [5.41, 5.74) is 0.970. The average molecular weight is 510 g/mol. The topological polar surface area (TPSA) is 73.3 Å². The minimum absolute atomic E-state index is 0.00465. The quantitative estimate of drug-likeness (QED) is 0.660. The van der Waals surface area contributed by atoms with E-state index in [-0.39, 0.29) is 41.8 Å². The van der Waals surface area contributed by atoms with Crippen molar-refractivity contribution in [2.45, 2.75) is 63.3 Å². The van der Waals surface area contributed by atoms with E-state index in [1.54, 1.807) is 23.1 Å². The maximum Gasteiger partial charge on any atom is 0.245 e. The van der Waals surface area contributed by atoms with Crippen LogP contribution in [0.1, 0.15) is 38.2 Å². The minimum Gasteiger partial charge on any atom is -0.391 e. The van der Waals surface area contributed by atoms with Crippen molar-refractivity contribution in [3.63, 3.8) is 0 Å². The van der Waals surface area contributed by atoms with Gasteiger partial charge in [0.05, 0.1) is 47.9 Å². The van der Waals surface area contributed by atoms with E-state index in [0.717, 1.165) is 50.9 Å². The number of hydrogen-bond acceptors (Lipinski definition) is 5. The van der Waals surface area contributed by atoms with Gasteiger partial charge in [0.25, 0.3) is 0 Å². The zero-order valence-electron chi connectivity index (χ0n) is 19.6. The lowest BCUT2D eigenvalue weighted by Gasteiger charge is -2.50. The highest BCUT2D eigenvalue weighted by Gasteiger charge is 2.51. The number of carbonyl (C=O) groups is 2. The average Bonchev–Trinajstić information content (AvgIpc) is 3.60.